The summed E-state index contributed by atoms with van der Waals surface area (Å²) in [7, 11) is -0.861. The third-order valence-electron chi connectivity index (χ3n) is 2.52. The van der Waals surface area contributed by atoms with Gasteiger partial charge in [-0.1, -0.05) is 18.1 Å². The molecule has 1 aromatic carbocycles. The van der Waals surface area contributed by atoms with Crippen molar-refractivity contribution < 1.29 is 17.9 Å². The topological polar surface area (TPSA) is 63.7 Å². The largest absolute Gasteiger partial charge is 0.469 e. The van der Waals surface area contributed by atoms with Gasteiger partial charge in [0.05, 0.1) is 25.0 Å². The fourth-order valence-electron chi connectivity index (χ4n) is 1.41. The molecule has 0 heterocycles. The Bertz CT molecular complexity index is 584. The number of terminal acetylenes is 1. The van der Waals surface area contributed by atoms with Gasteiger partial charge in [-0.25, -0.2) is 8.42 Å². The minimum Gasteiger partial charge on any atom is -0.469 e. The van der Waals surface area contributed by atoms with E-state index in [9.17, 15) is 13.2 Å². The predicted molar refractivity (Wildman–Crippen MR) is 70.8 cm³/mol. The Morgan fingerprint density at radius 3 is 2.42 bits per heavy atom. The van der Waals surface area contributed by atoms with E-state index >= 15 is 0 Å². The lowest BCUT2D eigenvalue weighted by molar-refractivity contribution is -0.139. The molecule has 0 bridgehead atoms. The van der Waals surface area contributed by atoms with Crippen LogP contribution in [0.5, 0.6) is 0 Å². The maximum atomic E-state index is 12.1. The Morgan fingerprint density at radius 1 is 1.37 bits per heavy atom. The molecular formula is C13H15NO4S. The van der Waals surface area contributed by atoms with Gasteiger partial charge in [-0.05, 0) is 17.7 Å². The molecular weight excluding hydrogens is 266 g/mol. The zero-order chi connectivity index (χ0) is 14.5. The molecule has 0 unspecified atom stereocenters. The highest BCUT2D eigenvalue weighted by atomic mass is 32.2. The molecule has 0 saturated heterocycles. The van der Waals surface area contributed by atoms with E-state index in [2.05, 4.69) is 10.7 Å². The number of benzene rings is 1. The van der Waals surface area contributed by atoms with E-state index in [4.69, 9.17) is 6.42 Å². The van der Waals surface area contributed by atoms with Crippen molar-refractivity contribution in [2.24, 2.45) is 0 Å². The predicted octanol–water partition coefficient (Wildman–Crippen LogP) is 0.656. The lowest BCUT2D eigenvalue weighted by atomic mass is 10.2. The number of carbonyl (C=O) groups is 1. The minimum atomic E-state index is -3.58. The second-order valence-corrected chi connectivity index (χ2v) is 5.91. The summed E-state index contributed by atoms with van der Waals surface area (Å²) >= 11 is 0. The molecule has 0 aliphatic carbocycles. The van der Waals surface area contributed by atoms with Crippen LogP contribution in [0.4, 0.5) is 0 Å². The summed E-state index contributed by atoms with van der Waals surface area (Å²) in [4.78, 5) is 11.2. The van der Waals surface area contributed by atoms with E-state index in [1.165, 1.54) is 26.3 Å². The van der Waals surface area contributed by atoms with Crippen LogP contribution in [-0.4, -0.2) is 39.4 Å². The van der Waals surface area contributed by atoms with Crippen molar-refractivity contribution in [2.75, 3.05) is 20.7 Å². The molecule has 0 spiro atoms. The fraction of sp³-hybridized carbons (Fsp3) is 0.308. The average Bonchev–Trinajstić information content (AvgIpc) is 2.39. The van der Waals surface area contributed by atoms with Gasteiger partial charge in [0.15, 0.2) is 0 Å². The second-order valence-electron chi connectivity index (χ2n) is 3.86. The highest BCUT2D eigenvalue weighted by Crippen LogP contribution is 2.15. The van der Waals surface area contributed by atoms with Gasteiger partial charge in [0.1, 0.15) is 0 Å². The molecule has 1 rings (SSSR count). The van der Waals surface area contributed by atoms with Crippen molar-refractivity contribution in [3.05, 3.63) is 29.8 Å². The normalized spacial score (nSPS) is 11.1. The third kappa shape index (κ3) is 3.81. The van der Waals surface area contributed by atoms with Crippen molar-refractivity contribution in [1.82, 2.24) is 4.31 Å². The van der Waals surface area contributed by atoms with Gasteiger partial charge >= 0.3 is 5.97 Å². The quantitative estimate of drug-likeness (QED) is 0.587. The van der Waals surface area contributed by atoms with Crippen LogP contribution in [0.3, 0.4) is 0 Å². The highest BCUT2D eigenvalue weighted by molar-refractivity contribution is 7.89. The second kappa shape index (κ2) is 6.36. The summed E-state index contributed by atoms with van der Waals surface area (Å²) in [6.45, 7) is 0.00620. The van der Waals surface area contributed by atoms with E-state index in [0.29, 0.717) is 5.56 Å². The number of hydrogen-bond acceptors (Lipinski definition) is 4. The first kappa shape index (κ1) is 15.2. The molecule has 0 radical (unpaired) electrons. The van der Waals surface area contributed by atoms with Crippen molar-refractivity contribution in [2.45, 2.75) is 11.3 Å². The summed E-state index contributed by atoms with van der Waals surface area (Å²) in [6, 6.07) is 6.04. The Labute approximate surface area is 113 Å². The Balaban J connectivity index is 2.93. The first-order valence-corrected chi connectivity index (χ1v) is 6.91. The number of sulfonamides is 1. The van der Waals surface area contributed by atoms with Crippen molar-refractivity contribution in [3.63, 3.8) is 0 Å². The molecule has 0 N–H and O–H groups in total. The number of esters is 1. The molecule has 0 saturated carbocycles. The zero-order valence-electron chi connectivity index (χ0n) is 10.8. The monoisotopic (exact) mass is 281 g/mol. The number of nitrogens with zero attached hydrogens (tertiary/aromatic N) is 1. The molecule has 0 fully saturated rings. The lowest BCUT2D eigenvalue weighted by Gasteiger charge is -2.14. The molecule has 5 nitrogen and oxygen atoms in total. The maximum absolute atomic E-state index is 12.1. The van der Waals surface area contributed by atoms with Crippen LogP contribution in [0.15, 0.2) is 29.2 Å². The molecule has 0 aromatic heterocycles. The smallest absolute Gasteiger partial charge is 0.309 e. The molecule has 19 heavy (non-hydrogen) atoms. The Hall–Kier alpha value is -1.84. The molecule has 0 atom stereocenters. The molecule has 1 aromatic rings. The number of ether oxygens (including phenoxy) is 1. The van der Waals surface area contributed by atoms with Crippen LogP contribution in [-0.2, 0) is 26.0 Å². The first-order valence-electron chi connectivity index (χ1n) is 5.47. The van der Waals surface area contributed by atoms with E-state index in [-0.39, 0.29) is 23.8 Å². The highest BCUT2D eigenvalue weighted by Gasteiger charge is 2.19. The van der Waals surface area contributed by atoms with Gasteiger partial charge in [-0.3, -0.25) is 4.79 Å². The van der Waals surface area contributed by atoms with Crippen molar-refractivity contribution in [3.8, 4) is 12.3 Å². The summed E-state index contributed by atoms with van der Waals surface area (Å²) < 4.78 is 29.7. The molecule has 102 valence electrons. The number of methoxy groups -OCH3 is 1. The van der Waals surface area contributed by atoms with Gasteiger partial charge in [0, 0.05) is 7.05 Å². The Kier molecular flexibility index (Phi) is 5.10. The number of carbonyl (C=O) groups excluding carboxylic acids is 1. The number of rotatable bonds is 5. The molecule has 0 aliphatic heterocycles. The van der Waals surface area contributed by atoms with Crippen LogP contribution in [0, 0.1) is 12.3 Å². The standard InChI is InChI=1S/C13H15NO4S/c1-4-9-14(2)19(16,17)12-7-5-11(6-8-12)10-13(15)18-3/h1,5-8H,9-10H2,2-3H3. The van der Waals surface area contributed by atoms with E-state index in [1.54, 1.807) is 12.1 Å². The zero-order valence-corrected chi connectivity index (χ0v) is 11.6. The first-order chi connectivity index (χ1) is 8.91. The van der Waals surface area contributed by atoms with Crippen LogP contribution < -0.4 is 0 Å². The van der Waals surface area contributed by atoms with Crippen LogP contribution in [0.25, 0.3) is 0 Å². The summed E-state index contributed by atoms with van der Waals surface area (Å²) in [5.74, 6) is 1.90. The molecule has 6 heteroatoms. The lowest BCUT2D eigenvalue weighted by Crippen LogP contribution is -2.27. The molecule has 0 aliphatic rings. The fourth-order valence-corrected chi connectivity index (χ4v) is 2.50. The number of hydrogen-bond donors (Lipinski definition) is 0. The summed E-state index contributed by atoms with van der Waals surface area (Å²) in [5, 5.41) is 0. The average molecular weight is 281 g/mol. The maximum Gasteiger partial charge on any atom is 0.309 e. The van der Waals surface area contributed by atoms with Crippen LogP contribution in [0.1, 0.15) is 5.56 Å². The summed E-state index contributed by atoms with van der Waals surface area (Å²) in [6.07, 6.45) is 5.20. The van der Waals surface area contributed by atoms with Crippen molar-refractivity contribution in [1.29, 1.82) is 0 Å². The summed E-state index contributed by atoms with van der Waals surface area (Å²) in [5.41, 5.74) is 0.686. The van der Waals surface area contributed by atoms with Gasteiger partial charge < -0.3 is 4.74 Å². The van der Waals surface area contributed by atoms with Crippen LogP contribution >= 0.6 is 0 Å². The third-order valence-corrected chi connectivity index (χ3v) is 4.34. The Morgan fingerprint density at radius 2 is 1.95 bits per heavy atom. The van der Waals surface area contributed by atoms with Crippen molar-refractivity contribution >= 4 is 16.0 Å². The van der Waals surface area contributed by atoms with Gasteiger partial charge in [0.25, 0.3) is 0 Å². The van der Waals surface area contributed by atoms with E-state index in [1.807, 2.05) is 0 Å². The molecule has 0 amide bonds. The van der Waals surface area contributed by atoms with E-state index in [0.717, 1.165) is 4.31 Å². The van der Waals surface area contributed by atoms with E-state index < -0.39 is 10.0 Å². The van der Waals surface area contributed by atoms with Crippen LogP contribution in [0.2, 0.25) is 0 Å². The minimum absolute atomic E-state index is 0.00620. The van der Waals surface area contributed by atoms with Gasteiger partial charge in [-0.15, -0.1) is 6.42 Å². The van der Waals surface area contributed by atoms with Gasteiger partial charge in [0.2, 0.25) is 10.0 Å². The SMILES string of the molecule is C#CCN(C)S(=O)(=O)c1ccc(CC(=O)OC)cc1. The van der Waals surface area contributed by atoms with Gasteiger partial charge in [-0.2, -0.15) is 4.31 Å².